The van der Waals surface area contributed by atoms with E-state index in [-0.39, 0.29) is 18.4 Å². The van der Waals surface area contributed by atoms with Gasteiger partial charge in [-0.2, -0.15) is 0 Å². The fourth-order valence-corrected chi connectivity index (χ4v) is 2.80. The second kappa shape index (κ2) is 7.64. The molecule has 5 nitrogen and oxygen atoms in total. The van der Waals surface area contributed by atoms with Crippen molar-refractivity contribution in [3.8, 4) is 0 Å². The summed E-state index contributed by atoms with van der Waals surface area (Å²) in [5.74, 6) is 0.0548. The smallest absolute Gasteiger partial charge is 0.239 e. The van der Waals surface area contributed by atoms with Gasteiger partial charge in [-0.1, -0.05) is 42.5 Å². The zero-order chi connectivity index (χ0) is 16.8. The molecule has 1 heterocycles. The summed E-state index contributed by atoms with van der Waals surface area (Å²) in [7, 11) is 0. The highest BCUT2D eigenvalue weighted by Crippen LogP contribution is 2.29. The van der Waals surface area contributed by atoms with Gasteiger partial charge < -0.3 is 15.5 Å². The Morgan fingerprint density at radius 1 is 1.04 bits per heavy atom. The van der Waals surface area contributed by atoms with Crippen molar-refractivity contribution in [3.05, 3.63) is 60.2 Å². The van der Waals surface area contributed by atoms with Gasteiger partial charge in [-0.15, -0.1) is 0 Å². The van der Waals surface area contributed by atoms with Gasteiger partial charge in [0.15, 0.2) is 0 Å². The number of hydrogen-bond acceptors (Lipinski definition) is 3. The first-order valence-electron chi connectivity index (χ1n) is 8.18. The minimum atomic E-state index is -0.0820. The number of rotatable bonds is 6. The van der Waals surface area contributed by atoms with Crippen molar-refractivity contribution >= 4 is 23.2 Å². The molecule has 1 saturated heterocycles. The Morgan fingerprint density at radius 3 is 2.54 bits per heavy atom. The number of amides is 2. The molecule has 0 aliphatic carbocycles. The minimum absolute atomic E-state index is 0.0820. The summed E-state index contributed by atoms with van der Waals surface area (Å²) >= 11 is 0. The molecule has 5 heteroatoms. The number of carbonyl (C=O) groups is 2. The summed E-state index contributed by atoms with van der Waals surface area (Å²) < 4.78 is 0. The van der Waals surface area contributed by atoms with E-state index in [4.69, 9.17) is 0 Å². The van der Waals surface area contributed by atoms with Crippen LogP contribution in [0.1, 0.15) is 18.4 Å². The van der Waals surface area contributed by atoms with E-state index in [1.165, 1.54) is 0 Å². The largest absolute Gasteiger partial charge is 0.374 e. The van der Waals surface area contributed by atoms with Gasteiger partial charge in [0.1, 0.15) is 0 Å². The summed E-state index contributed by atoms with van der Waals surface area (Å²) in [6.45, 7) is 1.41. The van der Waals surface area contributed by atoms with E-state index in [9.17, 15) is 9.59 Å². The Kier molecular flexibility index (Phi) is 5.11. The summed E-state index contributed by atoms with van der Waals surface area (Å²) in [6, 6.07) is 17.4. The second-order valence-corrected chi connectivity index (χ2v) is 5.78. The van der Waals surface area contributed by atoms with Crippen molar-refractivity contribution in [1.82, 2.24) is 5.32 Å². The van der Waals surface area contributed by atoms with E-state index in [1.807, 2.05) is 54.6 Å². The summed E-state index contributed by atoms with van der Waals surface area (Å²) in [5, 5.41) is 6.03. The predicted molar refractivity (Wildman–Crippen MR) is 94.8 cm³/mol. The lowest BCUT2D eigenvalue weighted by atomic mass is 10.2. The minimum Gasteiger partial charge on any atom is -0.374 e. The van der Waals surface area contributed by atoms with Crippen LogP contribution in [-0.2, 0) is 16.1 Å². The number of nitrogens with one attached hydrogen (secondary N) is 2. The zero-order valence-corrected chi connectivity index (χ0v) is 13.5. The summed E-state index contributed by atoms with van der Waals surface area (Å²) in [4.78, 5) is 25.8. The zero-order valence-electron chi connectivity index (χ0n) is 13.5. The number of anilines is 2. The molecule has 1 fully saturated rings. The van der Waals surface area contributed by atoms with Crippen LogP contribution in [0.3, 0.4) is 0 Å². The van der Waals surface area contributed by atoms with Gasteiger partial charge in [-0.25, -0.2) is 0 Å². The molecule has 0 radical (unpaired) electrons. The van der Waals surface area contributed by atoms with Crippen LogP contribution in [0.15, 0.2) is 54.6 Å². The van der Waals surface area contributed by atoms with Crippen molar-refractivity contribution in [2.75, 3.05) is 23.3 Å². The molecule has 1 aliphatic rings. The van der Waals surface area contributed by atoms with Gasteiger partial charge in [0.2, 0.25) is 11.8 Å². The quantitative estimate of drug-likeness (QED) is 0.859. The normalized spacial score (nSPS) is 13.8. The topological polar surface area (TPSA) is 61.4 Å². The van der Waals surface area contributed by atoms with Gasteiger partial charge in [0.25, 0.3) is 0 Å². The van der Waals surface area contributed by atoms with E-state index in [0.29, 0.717) is 13.0 Å². The van der Waals surface area contributed by atoms with Crippen LogP contribution >= 0.6 is 0 Å². The predicted octanol–water partition coefficient (Wildman–Crippen LogP) is 2.54. The first-order valence-corrected chi connectivity index (χ1v) is 8.18. The molecular formula is C19H21N3O2. The molecule has 124 valence electrons. The van der Waals surface area contributed by atoms with Crippen LogP contribution < -0.4 is 15.5 Å². The Hall–Kier alpha value is -2.82. The highest BCUT2D eigenvalue weighted by Gasteiger charge is 2.23. The van der Waals surface area contributed by atoms with Crippen molar-refractivity contribution in [2.24, 2.45) is 0 Å². The molecule has 24 heavy (non-hydrogen) atoms. The van der Waals surface area contributed by atoms with Crippen LogP contribution in [0.5, 0.6) is 0 Å². The standard InChI is InChI=1S/C19H21N3O2/c23-18(21-13-15-7-2-1-3-8-15)14-20-16-9-4-5-10-17(16)22-12-6-11-19(22)24/h1-5,7-10,20H,6,11-14H2,(H,21,23). The maximum absolute atomic E-state index is 12.0. The average molecular weight is 323 g/mol. The van der Waals surface area contributed by atoms with E-state index in [0.717, 1.165) is 29.9 Å². The molecule has 0 unspecified atom stereocenters. The molecule has 2 aromatic carbocycles. The molecule has 2 N–H and O–H groups in total. The first kappa shape index (κ1) is 16.1. The molecule has 0 spiro atoms. The third-order valence-electron chi connectivity index (χ3n) is 4.04. The average Bonchev–Trinajstić information content (AvgIpc) is 3.05. The van der Waals surface area contributed by atoms with Gasteiger partial charge in [0.05, 0.1) is 17.9 Å². The van der Waals surface area contributed by atoms with Crippen molar-refractivity contribution in [3.63, 3.8) is 0 Å². The van der Waals surface area contributed by atoms with Gasteiger partial charge in [0, 0.05) is 19.5 Å². The summed E-state index contributed by atoms with van der Waals surface area (Å²) in [5.41, 5.74) is 2.72. The second-order valence-electron chi connectivity index (χ2n) is 5.78. The maximum Gasteiger partial charge on any atom is 0.239 e. The van der Waals surface area contributed by atoms with Crippen LogP contribution in [0, 0.1) is 0 Å². The Labute approximate surface area is 141 Å². The number of nitrogens with zero attached hydrogens (tertiary/aromatic N) is 1. The monoisotopic (exact) mass is 323 g/mol. The van der Waals surface area contributed by atoms with Crippen molar-refractivity contribution < 1.29 is 9.59 Å². The van der Waals surface area contributed by atoms with Crippen LogP contribution in [0.4, 0.5) is 11.4 Å². The lowest BCUT2D eigenvalue weighted by Gasteiger charge is -2.20. The molecule has 0 atom stereocenters. The maximum atomic E-state index is 12.0. The Morgan fingerprint density at radius 2 is 1.79 bits per heavy atom. The number of hydrogen-bond donors (Lipinski definition) is 2. The van der Waals surface area contributed by atoms with Crippen LogP contribution in [-0.4, -0.2) is 24.9 Å². The molecule has 2 amide bonds. The number of carbonyl (C=O) groups excluding carboxylic acids is 2. The third-order valence-corrected chi connectivity index (χ3v) is 4.04. The van der Waals surface area contributed by atoms with Gasteiger partial charge in [-0.3, -0.25) is 9.59 Å². The first-order chi connectivity index (χ1) is 11.7. The van der Waals surface area contributed by atoms with E-state index in [1.54, 1.807) is 4.90 Å². The van der Waals surface area contributed by atoms with Crippen LogP contribution in [0.2, 0.25) is 0 Å². The van der Waals surface area contributed by atoms with E-state index < -0.39 is 0 Å². The van der Waals surface area contributed by atoms with E-state index in [2.05, 4.69) is 10.6 Å². The van der Waals surface area contributed by atoms with Gasteiger partial charge in [-0.05, 0) is 24.1 Å². The van der Waals surface area contributed by atoms with Crippen molar-refractivity contribution in [2.45, 2.75) is 19.4 Å². The lowest BCUT2D eigenvalue weighted by molar-refractivity contribution is -0.119. The van der Waals surface area contributed by atoms with E-state index >= 15 is 0 Å². The SMILES string of the molecule is O=C(CNc1ccccc1N1CCCC1=O)NCc1ccccc1. The molecule has 0 bridgehead atoms. The molecule has 0 saturated carbocycles. The van der Waals surface area contributed by atoms with Crippen molar-refractivity contribution in [1.29, 1.82) is 0 Å². The molecule has 3 rings (SSSR count). The third kappa shape index (κ3) is 3.93. The number of para-hydroxylation sites is 2. The molecule has 1 aliphatic heterocycles. The Bertz CT molecular complexity index is 716. The molecular weight excluding hydrogens is 302 g/mol. The number of benzene rings is 2. The fourth-order valence-electron chi connectivity index (χ4n) is 2.80. The lowest BCUT2D eigenvalue weighted by Crippen LogP contribution is -2.30. The Balaban J connectivity index is 1.56. The van der Waals surface area contributed by atoms with Crippen LogP contribution in [0.25, 0.3) is 0 Å². The highest BCUT2D eigenvalue weighted by atomic mass is 16.2. The fraction of sp³-hybridized carbons (Fsp3) is 0.263. The van der Waals surface area contributed by atoms with Gasteiger partial charge >= 0.3 is 0 Å². The molecule has 0 aromatic heterocycles. The molecule has 2 aromatic rings. The highest BCUT2D eigenvalue weighted by molar-refractivity contribution is 5.98. The summed E-state index contributed by atoms with van der Waals surface area (Å²) in [6.07, 6.45) is 1.47.